The molecule has 0 aliphatic carbocycles. The van der Waals surface area contributed by atoms with Crippen LogP contribution in [0.1, 0.15) is 41.6 Å². The van der Waals surface area contributed by atoms with Crippen LogP contribution in [0, 0.1) is 11.6 Å². The summed E-state index contributed by atoms with van der Waals surface area (Å²) in [6.07, 6.45) is 1.71. The van der Waals surface area contributed by atoms with Crippen LogP contribution in [0.5, 0.6) is 5.75 Å². The van der Waals surface area contributed by atoms with Crippen molar-refractivity contribution in [3.05, 3.63) is 89.5 Å². The van der Waals surface area contributed by atoms with E-state index in [2.05, 4.69) is 10.6 Å². The number of hydrogen-bond donors (Lipinski definition) is 2. The summed E-state index contributed by atoms with van der Waals surface area (Å²) >= 11 is 0. The second kappa shape index (κ2) is 11.0. The van der Waals surface area contributed by atoms with E-state index < -0.39 is 17.5 Å². The van der Waals surface area contributed by atoms with Gasteiger partial charge >= 0.3 is 6.03 Å². The minimum Gasteiger partial charge on any atom is -0.494 e. The maximum atomic E-state index is 13.9. The van der Waals surface area contributed by atoms with Crippen LogP contribution in [0.3, 0.4) is 0 Å². The first-order chi connectivity index (χ1) is 16.9. The van der Waals surface area contributed by atoms with Crippen molar-refractivity contribution in [2.75, 3.05) is 30.3 Å². The van der Waals surface area contributed by atoms with Gasteiger partial charge in [0.2, 0.25) is 0 Å². The first-order valence-electron chi connectivity index (χ1n) is 11.6. The first kappa shape index (κ1) is 24.2. The molecular weight excluding hydrogens is 452 g/mol. The summed E-state index contributed by atoms with van der Waals surface area (Å²) in [5, 5.41) is 5.41. The third kappa shape index (κ3) is 6.15. The maximum absolute atomic E-state index is 13.9. The predicted octanol–water partition coefficient (Wildman–Crippen LogP) is 6.03. The highest BCUT2D eigenvalue weighted by Crippen LogP contribution is 2.28. The summed E-state index contributed by atoms with van der Waals surface area (Å²) in [6.45, 7) is 3.65. The Labute approximate surface area is 202 Å². The monoisotopic (exact) mass is 479 g/mol. The lowest BCUT2D eigenvalue weighted by atomic mass is 9.89. The zero-order chi connectivity index (χ0) is 24.8. The molecule has 0 aromatic heterocycles. The van der Waals surface area contributed by atoms with Gasteiger partial charge in [-0.15, -0.1) is 0 Å². The molecule has 0 bridgehead atoms. The normalized spacial score (nSPS) is 15.4. The number of carbonyl (C=O) groups excluding carboxylic acids is 2. The number of benzene rings is 3. The highest BCUT2D eigenvalue weighted by atomic mass is 19.1. The molecule has 1 atom stereocenters. The van der Waals surface area contributed by atoms with E-state index in [0.717, 1.165) is 36.3 Å². The Balaban J connectivity index is 1.40. The number of rotatable bonds is 6. The van der Waals surface area contributed by atoms with Gasteiger partial charge in [0.1, 0.15) is 17.4 Å². The van der Waals surface area contributed by atoms with Crippen LogP contribution in [0.2, 0.25) is 0 Å². The topological polar surface area (TPSA) is 70.7 Å². The maximum Gasteiger partial charge on any atom is 0.321 e. The quantitative estimate of drug-likeness (QED) is 0.454. The number of urea groups is 1. The van der Waals surface area contributed by atoms with Crippen LogP contribution in [0.4, 0.5) is 25.0 Å². The Hall–Kier alpha value is -3.94. The van der Waals surface area contributed by atoms with Crippen LogP contribution in [0.25, 0.3) is 0 Å². The van der Waals surface area contributed by atoms with Gasteiger partial charge in [-0.2, -0.15) is 0 Å². The molecule has 8 heteroatoms. The third-order valence-electron chi connectivity index (χ3n) is 5.92. The van der Waals surface area contributed by atoms with Gasteiger partial charge in [-0.25, -0.2) is 13.6 Å². The number of hydrogen-bond acceptors (Lipinski definition) is 3. The summed E-state index contributed by atoms with van der Waals surface area (Å²) in [4.78, 5) is 27.3. The summed E-state index contributed by atoms with van der Waals surface area (Å²) in [5.74, 6) is -1.23. The van der Waals surface area contributed by atoms with Crippen LogP contribution in [0.15, 0.2) is 66.7 Å². The molecule has 1 saturated heterocycles. The average Bonchev–Trinajstić information content (AvgIpc) is 2.87. The van der Waals surface area contributed by atoms with Crippen molar-refractivity contribution in [3.8, 4) is 5.75 Å². The van der Waals surface area contributed by atoms with E-state index in [1.165, 1.54) is 6.07 Å². The van der Waals surface area contributed by atoms with Crippen LogP contribution < -0.4 is 15.4 Å². The molecule has 3 aromatic rings. The summed E-state index contributed by atoms with van der Waals surface area (Å²) in [7, 11) is 0. The second-order valence-electron chi connectivity index (χ2n) is 8.38. The molecule has 1 heterocycles. The lowest BCUT2D eigenvalue weighted by Gasteiger charge is -2.33. The standard InChI is InChI=1S/C27H27F2N3O3/c1-2-35-23-11-9-22(10-12-23)30-27(34)32-14-4-7-20(17-32)18-5-3-6-19(15-18)26(33)31-25-13-8-21(28)16-24(25)29/h3,5-6,8-13,15-16,20H,2,4,7,14,17H2,1H3,(H,30,34)(H,31,33)/t20-/m0/s1. The lowest BCUT2D eigenvalue weighted by molar-refractivity contribution is 0.102. The minimum absolute atomic E-state index is 0.0603. The Morgan fingerprint density at radius 3 is 2.57 bits per heavy atom. The molecule has 3 aromatic carbocycles. The number of likely N-dealkylation sites (tertiary alicyclic amines) is 1. The highest BCUT2D eigenvalue weighted by molar-refractivity contribution is 6.04. The van der Waals surface area contributed by atoms with Gasteiger partial charge in [0.05, 0.1) is 12.3 Å². The zero-order valence-electron chi connectivity index (χ0n) is 19.4. The van der Waals surface area contributed by atoms with Crippen molar-refractivity contribution in [2.45, 2.75) is 25.7 Å². The number of ether oxygens (including phenoxy) is 1. The number of piperidine rings is 1. The molecule has 4 rings (SSSR count). The molecule has 3 amide bonds. The molecule has 1 fully saturated rings. The Bertz CT molecular complexity index is 1200. The van der Waals surface area contributed by atoms with Gasteiger partial charge in [-0.05, 0) is 73.9 Å². The molecule has 0 radical (unpaired) electrons. The van der Waals surface area contributed by atoms with E-state index in [9.17, 15) is 18.4 Å². The molecule has 0 unspecified atom stereocenters. The number of nitrogens with zero attached hydrogens (tertiary/aromatic N) is 1. The highest BCUT2D eigenvalue weighted by Gasteiger charge is 2.25. The van der Waals surface area contributed by atoms with Crippen molar-refractivity contribution in [3.63, 3.8) is 0 Å². The van der Waals surface area contributed by atoms with Crippen molar-refractivity contribution in [1.29, 1.82) is 0 Å². The lowest BCUT2D eigenvalue weighted by Crippen LogP contribution is -2.41. The van der Waals surface area contributed by atoms with E-state index in [0.29, 0.717) is 30.9 Å². The smallest absolute Gasteiger partial charge is 0.321 e. The minimum atomic E-state index is -0.837. The molecule has 0 saturated carbocycles. The van der Waals surface area contributed by atoms with E-state index in [1.54, 1.807) is 35.2 Å². The van der Waals surface area contributed by atoms with Crippen molar-refractivity contribution in [2.24, 2.45) is 0 Å². The third-order valence-corrected chi connectivity index (χ3v) is 5.92. The van der Waals surface area contributed by atoms with E-state index in [4.69, 9.17) is 4.74 Å². The Morgan fingerprint density at radius 2 is 1.83 bits per heavy atom. The first-order valence-corrected chi connectivity index (χ1v) is 11.6. The number of carbonyl (C=O) groups is 2. The molecular formula is C27H27F2N3O3. The largest absolute Gasteiger partial charge is 0.494 e. The van der Waals surface area contributed by atoms with Crippen LogP contribution in [-0.2, 0) is 0 Å². The average molecular weight is 480 g/mol. The molecule has 6 nitrogen and oxygen atoms in total. The molecule has 35 heavy (non-hydrogen) atoms. The fourth-order valence-corrected chi connectivity index (χ4v) is 4.16. The van der Waals surface area contributed by atoms with Gasteiger partial charge in [0, 0.05) is 36.3 Å². The molecule has 0 spiro atoms. The second-order valence-corrected chi connectivity index (χ2v) is 8.38. The van der Waals surface area contributed by atoms with Gasteiger partial charge in [0.15, 0.2) is 0 Å². The van der Waals surface area contributed by atoms with Crippen LogP contribution >= 0.6 is 0 Å². The summed E-state index contributed by atoms with van der Waals surface area (Å²) in [5.41, 5.74) is 1.89. The number of amides is 3. The Morgan fingerprint density at radius 1 is 1.03 bits per heavy atom. The molecule has 1 aliphatic rings. The molecule has 182 valence electrons. The number of nitrogens with one attached hydrogen (secondary N) is 2. The molecule has 2 N–H and O–H groups in total. The van der Waals surface area contributed by atoms with Gasteiger partial charge in [-0.3, -0.25) is 4.79 Å². The molecule has 1 aliphatic heterocycles. The zero-order valence-corrected chi connectivity index (χ0v) is 19.4. The van der Waals surface area contributed by atoms with Crippen LogP contribution in [-0.4, -0.2) is 36.5 Å². The number of halogens is 2. The predicted molar refractivity (Wildman–Crippen MR) is 131 cm³/mol. The van der Waals surface area contributed by atoms with E-state index in [-0.39, 0.29) is 17.6 Å². The summed E-state index contributed by atoms with van der Waals surface area (Å²) < 4.78 is 32.5. The van der Waals surface area contributed by atoms with Crippen molar-refractivity contribution in [1.82, 2.24) is 4.90 Å². The van der Waals surface area contributed by atoms with Gasteiger partial charge in [-0.1, -0.05) is 12.1 Å². The van der Waals surface area contributed by atoms with E-state index >= 15 is 0 Å². The Kier molecular flexibility index (Phi) is 7.60. The fourth-order valence-electron chi connectivity index (χ4n) is 4.16. The van der Waals surface area contributed by atoms with Gasteiger partial charge in [0.25, 0.3) is 5.91 Å². The summed E-state index contributed by atoms with van der Waals surface area (Å²) in [6, 6.07) is 17.1. The van der Waals surface area contributed by atoms with E-state index in [1.807, 2.05) is 25.1 Å². The number of anilines is 2. The fraction of sp³-hybridized carbons (Fsp3) is 0.259. The SMILES string of the molecule is CCOc1ccc(NC(=O)N2CCC[C@H](c3cccc(C(=O)Nc4ccc(F)cc4F)c3)C2)cc1. The van der Waals surface area contributed by atoms with Crippen molar-refractivity contribution < 1.29 is 23.1 Å². The van der Waals surface area contributed by atoms with Gasteiger partial charge < -0.3 is 20.3 Å². The van der Waals surface area contributed by atoms with Crippen molar-refractivity contribution >= 4 is 23.3 Å².